The molecule has 1 aliphatic heterocycles. The molecule has 0 saturated heterocycles. The number of ether oxygens (including phenoxy) is 4. The highest BCUT2D eigenvalue weighted by molar-refractivity contribution is 7.59. The van der Waals surface area contributed by atoms with Gasteiger partial charge in [-0.1, -0.05) is 69.9 Å². The topological polar surface area (TPSA) is 91.3 Å². The fraction of sp³-hybridized carbons (Fsp3) is 0.613. The fourth-order valence-corrected chi connectivity index (χ4v) is 8.88. The van der Waals surface area contributed by atoms with E-state index in [1.807, 2.05) is 6.92 Å². The summed E-state index contributed by atoms with van der Waals surface area (Å²) in [5, 5.41) is 10.8. The number of carbonyl (C=O) groups excluding carboxylic acids is 2. The Hall–Kier alpha value is -3.34. The highest BCUT2D eigenvalue weighted by Crippen LogP contribution is 2.45. The van der Waals surface area contributed by atoms with Gasteiger partial charge in [-0.25, -0.2) is 0 Å². The Labute approximate surface area is 447 Å². The van der Waals surface area contributed by atoms with Crippen LogP contribution in [0.2, 0.25) is 0 Å². The highest BCUT2D eigenvalue weighted by Gasteiger charge is 2.34. The lowest BCUT2D eigenvalue weighted by molar-refractivity contribution is -0.116. The first-order chi connectivity index (χ1) is 32.4. The van der Waals surface area contributed by atoms with Crippen molar-refractivity contribution < 1.29 is 33.6 Å². The maximum Gasteiger partial charge on any atom is 0.189 e. The molecular weight excluding hydrogens is 921 g/mol. The molecule has 0 aromatic heterocycles. The quantitative estimate of drug-likeness (QED) is 0.0406. The Morgan fingerprint density at radius 2 is 1.11 bits per heavy atom. The largest absolute Gasteiger partial charge is 0.487 e. The number of benzene rings is 1. The van der Waals surface area contributed by atoms with E-state index in [0.29, 0.717) is 54.8 Å². The van der Waals surface area contributed by atoms with E-state index in [1.165, 1.54) is 56.5 Å². The van der Waals surface area contributed by atoms with Gasteiger partial charge in [0, 0.05) is 35.0 Å². The van der Waals surface area contributed by atoms with E-state index in [0.717, 1.165) is 94.1 Å². The molecule has 0 radical (unpaired) electrons. The van der Waals surface area contributed by atoms with Crippen LogP contribution in [0, 0.1) is 20.8 Å². The molecule has 0 spiro atoms. The molecule has 2 atom stereocenters. The molecule has 2 aliphatic rings. The second-order valence-electron chi connectivity index (χ2n) is 21.2. The first kappa shape index (κ1) is 67.7. The number of Topliss-reactive ketones (excluding diaryl/α,β-unsaturated/α-hetero) is 2. The predicted octanol–water partition coefficient (Wildman–Crippen LogP) is 16.6. The standard InChI is InChI=1S/C33H52O4.C29H44O3.2H2S/c1-24(2)13-10-14-25(3)15-11-16-26(4)17-12-19-33(8)20-18-30-29(7)31(36-23-35-22-21-34-9)27(5)28(6)32(30)37-33;1-20(2)12-9-13-21(3)14-10-15-22(4)16-11-18-29(8,32)19-17-26-25(7)27(30)23(5)24(6)28(26)31;;/h13,15,17H,10-12,14,16,18-23H2,1-9H3;12,14,16,32H,9-11,13,15,17-19H2,1-8H3;2*1H2/b25-15+,26-17+;21-14+,22-16+;;/t33-;29-;;/m00../s1. The molecule has 402 valence electrons. The summed E-state index contributed by atoms with van der Waals surface area (Å²) in [6, 6.07) is 0. The summed E-state index contributed by atoms with van der Waals surface area (Å²) in [6.07, 6.45) is 29.4. The average Bonchev–Trinajstić information content (AvgIpc) is 3.27. The third-order valence-electron chi connectivity index (χ3n) is 14.1. The van der Waals surface area contributed by atoms with Crippen molar-refractivity contribution in [1.82, 2.24) is 0 Å². The zero-order chi connectivity index (χ0) is 51.9. The Morgan fingerprint density at radius 1 is 0.634 bits per heavy atom. The van der Waals surface area contributed by atoms with E-state index < -0.39 is 5.60 Å². The normalized spacial score (nSPS) is 17.3. The van der Waals surface area contributed by atoms with Gasteiger partial charge in [-0.05, 0) is 230 Å². The van der Waals surface area contributed by atoms with Gasteiger partial charge in [-0.15, -0.1) is 0 Å². The van der Waals surface area contributed by atoms with E-state index in [1.54, 1.807) is 27.9 Å². The van der Waals surface area contributed by atoms with E-state index >= 15 is 0 Å². The van der Waals surface area contributed by atoms with Crippen LogP contribution in [0.5, 0.6) is 11.5 Å². The van der Waals surface area contributed by atoms with Gasteiger partial charge < -0.3 is 24.1 Å². The molecule has 71 heavy (non-hydrogen) atoms. The van der Waals surface area contributed by atoms with Crippen LogP contribution >= 0.6 is 27.0 Å². The molecule has 0 fully saturated rings. The van der Waals surface area contributed by atoms with Crippen LogP contribution in [0.1, 0.15) is 209 Å². The maximum atomic E-state index is 12.6. The molecule has 1 N–H and O–H groups in total. The van der Waals surface area contributed by atoms with E-state index in [9.17, 15) is 14.7 Å². The minimum atomic E-state index is -0.862. The van der Waals surface area contributed by atoms with Gasteiger partial charge in [0.05, 0.1) is 18.8 Å². The summed E-state index contributed by atoms with van der Waals surface area (Å²) in [6.45, 7) is 34.5. The van der Waals surface area contributed by atoms with Crippen LogP contribution in [-0.4, -0.2) is 55.0 Å². The van der Waals surface area contributed by atoms with E-state index in [4.69, 9.17) is 18.9 Å². The first-order valence-electron chi connectivity index (χ1n) is 26.0. The van der Waals surface area contributed by atoms with Gasteiger partial charge in [-0.2, -0.15) is 27.0 Å². The molecule has 3 rings (SSSR count). The SMILES string of the molecule is CC(C)=CCC/C(C)=C/CC/C(C)=C/CC[C@](C)(O)CCC1=C(C)C(=O)C(C)=C(C)C1=O.COCCOCOc1c(C)c(C)c2c(c1C)CC[C@](C)(CC/C=C(\C)CC/C=C(\C)CCC=C(C)C)O2.S.S. The fourth-order valence-electron chi connectivity index (χ4n) is 8.88. The molecule has 7 nitrogen and oxygen atoms in total. The lowest BCUT2D eigenvalue weighted by Crippen LogP contribution is -2.37. The van der Waals surface area contributed by atoms with Crippen molar-refractivity contribution in [3.63, 3.8) is 0 Å². The van der Waals surface area contributed by atoms with Gasteiger partial charge in [0.2, 0.25) is 0 Å². The Balaban J connectivity index is 0.00000136. The van der Waals surface area contributed by atoms with Crippen molar-refractivity contribution in [2.24, 2.45) is 0 Å². The molecule has 0 bridgehead atoms. The average molecular weight is 1020 g/mol. The predicted molar refractivity (Wildman–Crippen MR) is 312 cm³/mol. The molecule has 9 heteroatoms. The molecule has 0 unspecified atom stereocenters. The highest BCUT2D eigenvalue weighted by atomic mass is 32.1. The number of carbonyl (C=O) groups is 2. The van der Waals surface area contributed by atoms with E-state index in [2.05, 4.69) is 120 Å². The first-order valence-corrected chi connectivity index (χ1v) is 26.0. The van der Waals surface area contributed by atoms with E-state index in [-0.39, 0.29) is 51.0 Å². The van der Waals surface area contributed by atoms with Crippen molar-refractivity contribution in [2.45, 2.75) is 225 Å². The molecule has 1 aliphatic carbocycles. The van der Waals surface area contributed by atoms with Crippen molar-refractivity contribution in [3.05, 3.63) is 114 Å². The van der Waals surface area contributed by atoms with Crippen molar-refractivity contribution in [2.75, 3.05) is 27.1 Å². The number of aliphatic hydroxyl groups is 1. The third-order valence-corrected chi connectivity index (χ3v) is 14.1. The number of rotatable bonds is 27. The lowest BCUT2D eigenvalue weighted by Gasteiger charge is -2.38. The van der Waals surface area contributed by atoms with Crippen LogP contribution in [0.3, 0.4) is 0 Å². The van der Waals surface area contributed by atoms with Crippen molar-refractivity contribution in [3.8, 4) is 11.5 Å². The van der Waals surface area contributed by atoms with Gasteiger partial charge in [0.15, 0.2) is 18.4 Å². The number of hydrogen-bond acceptors (Lipinski definition) is 7. The number of methoxy groups -OCH3 is 1. The smallest absolute Gasteiger partial charge is 0.189 e. The summed E-state index contributed by atoms with van der Waals surface area (Å²) in [7, 11) is 1.67. The van der Waals surface area contributed by atoms with Crippen LogP contribution in [0.4, 0.5) is 0 Å². The number of hydrogen-bond donors (Lipinski definition) is 1. The summed E-state index contributed by atoms with van der Waals surface area (Å²) < 4.78 is 23.3. The lowest BCUT2D eigenvalue weighted by atomic mass is 9.82. The molecule has 1 aromatic rings. The molecule has 0 saturated carbocycles. The summed E-state index contributed by atoms with van der Waals surface area (Å²) in [4.78, 5) is 24.9. The van der Waals surface area contributed by atoms with Crippen LogP contribution in [-0.2, 0) is 25.5 Å². The minimum Gasteiger partial charge on any atom is -0.487 e. The Bertz CT molecular complexity index is 2130. The number of allylic oxidation sites excluding steroid dienone is 16. The molecule has 1 aromatic carbocycles. The third kappa shape index (κ3) is 24.5. The minimum absolute atomic E-state index is 0. The molecule has 0 amide bonds. The Morgan fingerprint density at radius 3 is 1.62 bits per heavy atom. The summed E-state index contributed by atoms with van der Waals surface area (Å²) in [5.41, 5.74) is 14.5. The number of fused-ring (bicyclic) bond motifs is 1. The van der Waals surface area contributed by atoms with Crippen LogP contribution in [0.15, 0.2) is 92.2 Å². The van der Waals surface area contributed by atoms with Crippen LogP contribution < -0.4 is 9.47 Å². The van der Waals surface area contributed by atoms with Gasteiger partial charge in [-0.3, -0.25) is 9.59 Å². The second-order valence-corrected chi connectivity index (χ2v) is 21.2. The summed E-state index contributed by atoms with van der Waals surface area (Å²) >= 11 is 0. The van der Waals surface area contributed by atoms with Gasteiger partial charge in [0.25, 0.3) is 0 Å². The summed E-state index contributed by atoms with van der Waals surface area (Å²) in [5.74, 6) is 1.90. The number of ketones is 2. The van der Waals surface area contributed by atoms with Crippen molar-refractivity contribution in [1.29, 1.82) is 0 Å². The van der Waals surface area contributed by atoms with Gasteiger partial charge >= 0.3 is 0 Å². The second kappa shape index (κ2) is 34.2. The van der Waals surface area contributed by atoms with Crippen molar-refractivity contribution >= 4 is 38.6 Å². The molecular formula is C62H100O7S2. The maximum absolute atomic E-state index is 12.6. The molecule has 1 heterocycles. The Kier molecular flexibility index (Phi) is 32.6. The monoisotopic (exact) mass is 1020 g/mol. The van der Waals surface area contributed by atoms with Crippen LogP contribution in [0.25, 0.3) is 0 Å². The zero-order valence-corrected chi connectivity index (χ0v) is 49.8. The van der Waals surface area contributed by atoms with Gasteiger partial charge in [0.1, 0.15) is 17.1 Å². The zero-order valence-electron chi connectivity index (χ0n) is 47.8.